The number of benzene rings is 2. The first-order valence-electron chi connectivity index (χ1n) is 5.25. The molecule has 0 saturated heterocycles. The molecular weight excluding hydrogens is 287 g/mol. The zero-order valence-electron chi connectivity index (χ0n) is 9.61. The van der Waals surface area contributed by atoms with Crippen molar-refractivity contribution >= 4 is 40.7 Å². The van der Waals surface area contributed by atoms with Crippen LogP contribution in [-0.4, -0.2) is 12.0 Å². The minimum absolute atomic E-state index is 0.0768. The first kappa shape index (κ1) is 13.5. The SMILES string of the molecule is CSc1ccc(C(=O)c2cc(Cl)cc(Cl)c2)cc1. The summed E-state index contributed by atoms with van der Waals surface area (Å²) in [5.41, 5.74) is 1.13. The Kier molecular flexibility index (Phi) is 4.33. The lowest BCUT2D eigenvalue weighted by Gasteiger charge is -2.04. The van der Waals surface area contributed by atoms with E-state index < -0.39 is 0 Å². The highest BCUT2D eigenvalue weighted by Crippen LogP contribution is 2.22. The van der Waals surface area contributed by atoms with E-state index in [0.717, 1.165) is 4.90 Å². The van der Waals surface area contributed by atoms with Gasteiger partial charge in [0.15, 0.2) is 5.78 Å². The summed E-state index contributed by atoms with van der Waals surface area (Å²) in [4.78, 5) is 13.3. The van der Waals surface area contributed by atoms with Crippen molar-refractivity contribution in [2.75, 3.05) is 6.26 Å². The predicted molar refractivity (Wildman–Crippen MR) is 78.1 cm³/mol. The van der Waals surface area contributed by atoms with E-state index in [4.69, 9.17) is 23.2 Å². The first-order valence-corrected chi connectivity index (χ1v) is 7.23. The Morgan fingerprint density at radius 3 is 2.00 bits per heavy atom. The van der Waals surface area contributed by atoms with E-state index in [2.05, 4.69) is 0 Å². The minimum Gasteiger partial charge on any atom is -0.289 e. The van der Waals surface area contributed by atoms with Gasteiger partial charge in [-0.3, -0.25) is 4.79 Å². The summed E-state index contributed by atoms with van der Waals surface area (Å²) in [5, 5.41) is 0.929. The van der Waals surface area contributed by atoms with E-state index in [1.807, 2.05) is 30.5 Å². The molecule has 0 saturated carbocycles. The second-order valence-electron chi connectivity index (χ2n) is 3.72. The maximum absolute atomic E-state index is 12.2. The van der Waals surface area contributed by atoms with Gasteiger partial charge in [0.05, 0.1) is 0 Å². The second kappa shape index (κ2) is 5.79. The van der Waals surface area contributed by atoms with Crippen LogP contribution >= 0.6 is 35.0 Å². The maximum atomic E-state index is 12.2. The predicted octanol–water partition coefficient (Wildman–Crippen LogP) is 4.95. The smallest absolute Gasteiger partial charge is 0.193 e. The monoisotopic (exact) mass is 296 g/mol. The number of ketones is 1. The van der Waals surface area contributed by atoms with Crippen LogP contribution in [0.4, 0.5) is 0 Å². The number of carbonyl (C=O) groups excluding carboxylic acids is 1. The Morgan fingerprint density at radius 2 is 1.50 bits per heavy atom. The molecule has 0 heterocycles. The molecule has 2 aromatic rings. The highest BCUT2D eigenvalue weighted by molar-refractivity contribution is 7.98. The lowest BCUT2D eigenvalue weighted by Crippen LogP contribution is -2.01. The fourth-order valence-electron chi connectivity index (χ4n) is 1.59. The van der Waals surface area contributed by atoms with Gasteiger partial charge in [-0.1, -0.05) is 23.2 Å². The topological polar surface area (TPSA) is 17.1 Å². The molecule has 4 heteroatoms. The van der Waals surface area contributed by atoms with Crippen molar-refractivity contribution in [2.24, 2.45) is 0 Å². The van der Waals surface area contributed by atoms with Gasteiger partial charge in [-0.25, -0.2) is 0 Å². The van der Waals surface area contributed by atoms with E-state index in [-0.39, 0.29) is 5.78 Å². The van der Waals surface area contributed by atoms with E-state index in [9.17, 15) is 4.79 Å². The molecule has 0 aliphatic heterocycles. The van der Waals surface area contributed by atoms with Crippen LogP contribution in [0.1, 0.15) is 15.9 Å². The molecule has 0 bridgehead atoms. The first-order chi connectivity index (χ1) is 8.60. The van der Waals surface area contributed by atoms with Crippen LogP contribution < -0.4 is 0 Å². The zero-order valence-corrected chi connectivity index (χ0v) is 11.9. The summed E-state index contributed by atoms with van der Waals surface area (Å²) >= 11 is 13.4. The Hall–Kier alpha value is -0.960. The molecule has 18 heavy (non-hydrogen) atoms. The standard InChI is InChI=1S/C14H10Cl2OS/c1-18-13-4-2-9(3-5-13)14(17)10-6-11(15)8-12(16)7-10/h2-8H,1H3. The number of hydrogen-bond acceptors (Lipinski definition) is 2. The summed E-state index contributed by atoms with van der Waals surface area (Å²) in [5.74, 6) is -0.0768. The largest absolute Gasteiger partial charge is 0.289 e. The Bertz CT molecular complexity index is 559. The lowest BCUT2D eigenvalue weighted by atomic mass is 10.0. The van der Waals surface area contributed by atoms with Crippen molar-refractivity contribution in [1.82, 2.24) is 0 Å². The van der Waals surface area contributed by atoms with Crippen LogP contribution in [0.5, 0.6) is 0 Å². The van der Waals surface area contributed by atoms with Gasteiger partial charge in [-0.05, 0) is 48.7 Å². The van der Waals surface area contributed by atoms with Crippen molar-refractivity contribution in [2.45, 2.75) is 4.90 Å². The highest BCUT2D eigenvalue weighted by atomic mass is 35.5. The van der Waals surface area contributed by atoms with Crippen molar-refractivity contribution in [3.63, 3.8) is 0 Å². The summed E-state index contributed by atoms with van der Waals surface area (Å²) in [7, 11) is 0. The molecule has 0 aliphatic rings. The van der Waals surface area contributed by atoms with Crippen molar-refractivity contribution in [3.8, 4) is 0 Å². The fraction of sp³-hybridized carbons (Fsp3) is 0.0714. The fourth-order valence-corrected chi connectivity index (χ4v) is 2.53. The third-order valence-corrected chi connectivity index (χ3v) is 3.66. The quantitative estimate of drug-likeness (QED) is 0.589. The molecule has 0 spiro atoms. The number of hydrogen-bond donors (Lipinski definition) is 0. The van der Waals surface area contributed by atoms with Crippen LogP contribution in [0, 0.1) is 0 Å². The van der Waals surface area contributed by atoms with Crippen LogP contribution in [0.15, 0.2) is 47.4 Å². The number of carbonyl (C=O) groups is 1. The van der Waals surface area contributed by atoms with Gasteiger partial charge in [0, 0.05) is 26.1 Å². The molecule has 1 nitrogen and oxygen atoms in total. The Labute approximate surface area is 120 Å². The maximum Gasteiger partial charge on any atom is 0.193 e. The van der Waals surface area contributed by atoms with Crippen LogP contribution in [-0.2, 0) is 0 Å². The Morgan fingerprint density at radius 1 is 0.944 bits per heavy atom. The summed E-state index contributed by atoms with van der Waals surface area (Å²) < 4.78 is 0. The summed E-state index contributed by atoms with van der Waals surface area (Å²) in [6.07, 6.45) is 1.99. The zero-order chi connectivity index (χ0) is 13.1. The molecule has 2 aromatic carbocycles. The van der Waals surface area contributed by atoms with Crippen molar-refractivity contribution in [1.29, 1.82) is 0 Å². The third kappa shape index (κ3) is 3.08. The summed E-state index contributed by atoms with van der Waals surface area (Å²) in [6, 6.07) is 12.3. The van der Waals surface area contributed by atoms with Crippen molar-refractivity contribution < 1.29 is 4.79 Å². The second-order valence-corrected chi connectivity index (χ2v) is 5.47. The normalized spacial score (nSPS) is 10.4. The van der Waals surface area contributed by atoms with Gasteiger partial charge in [0.2, 0.25) is 0 Å². The summed E-state index contributed by atoms with van der Waals surface area (Å²) in [6.45, 7) is 0. The molecule has 0 unspecified atom stereocenters. The third-order valence-electron chi connectivity index (χ3n) is 2.48. The van der Waals surface area contributed by atoms with Crippen LogP contribution in [0.3, 0.4) is 0 Å². The number of thioether (sulfide) groups is 1. The van der Waals surface area contributed by atoms with Crippen LogP contribution in [0.2, 0.25) is 10.0 Å². The van der Waals surface area contributed by atoms with Gasteiger partial charge < -0.3 is 0 Å². The molecule has 0 aromatic heterocycles. The molecule has 0 aliphatic carbocycles. The van der Waals surface area contributed by atoms with E-state index in [1.165, 1.54) is 0 Å². The average molecular weight is 297 g/mol. The Balaban J connectivity index is 2.34. The lowest BCUT2D eigenvalue weighted by molar-refractivity contribution is 0.103. The van der Waals surface area contributed by atoms with Gasteiger partial charge >= 0.3 is 0 Å². The molecule has 0 N–H and O–H groups in total. The van der Waals surface area contributed by atoms with Crippen LogP contribution in [0.25, 0.3) is 0 Å². The van der Waals surface area contributed by atoms with E-state index in [1.54, 1.807) is 30.0 Å². The van der Waals surface area contributed by atoms with Crippen molar-refractivity contribution in [3.05, 3.63) is 63.6 Å². The molecule has 2 rings (SSSR count). The molecule has 0 fully saturated rings. The van der Waals surface area contributed by atoms with Gasteiger partial charge in [0.1, 0.15) is 0 Å². The van der Waals surface area contributed by atoms with E-state index >= 15 is 0 Å². The van der Waals surface area contributed by atoms with Gasteiger partial charge in [-0.15, -0.1) is 11.8 Å². The van der Waals surface area contributed by atoms with Gasteiger partial charge in [-0.2, -0.15) is 0 Å². The molecule has 0 atom stereocenters. The molecule has 92 valence electrons. The molecule has 0 amide bonds. The van der Waals surface area contributed by atoms with Gasteiger partial charge in [0.25, 0.3) is 0 Å². The van der Waals surface area contributed by atoms with E-state index in [0.29, 0.717) is 21.2 Å². The average Bonchev–Trinajstić information content (AvgIpc) is 2.37. The minimum atomic E-state index is -0.0768. The number of rotatable bonds is 3. The molecular formula is C14H10Cl2OS. The number of halogens is 2. The molecule has 0 radical (unpaired) electrons. The highest BCUT2D eigenvalue weighted by Gasteiger charge is 2.10.